The molecule has 0 unspecified atom stereocenters. The van der Waals surface area contributed by atoms with Gasteiger partial charge in [0.2, 0.25) is 0 Å². The number of anilines is 1. The van der Waals surface area contributed by atoms with E-state index in [1.807, 2.05) is 30.3 Å². The van der Waals surface area contributed by atoms with Gasteiger partial charge in [-0.15, -0.1) is 0 Å². The van der Waals surface area contributed by atoms with E-state index in [0.717, 1.165) is 48.8 Å². The van der Waals surface area contributed by atoms with Crippen LogP contribution in [0.4, 0.5) is 5.82 Å². The van der Waals surface area contributed by atoms with Crippen LogP contribution in [0.5, 0.6) is 5.75 Å². The molecule has 2 saturated heterocycles. The number of ether oxygens (including phenoxy) is 2. The number of nitrogens with one attached hydrogen (secondary N) is 2. The second-order valence-electron chi connectivity index (χ2n) is 9.58. The normalized spacial score (nSPS) is 25.6. The van der Waals surface area contributed by atoms with E-state index < -0.39 is 0 Å². The average Bonchev–Trinajstić information content (AvgIpc) is 2.88. The molecule has 3 fully saturated rings. The first kappa shape index (κ1) is 21.2. The number of rotatable bonds is 6. The highest BCUT2D eigenvalue weighted by atomic mass is 16.5. The fraction of sp³-hybridized carbons (Fsp3) is 0.440. The van der Waals surface area contributed by atoms with Gasteiger partial charge >= 0.3 is 0 Å². The Kier molecular flexibility index (Phi) is 5.11. The summed E-state index contributed by atoms with van der Waals surface area (Å²) < 4.78 is 13.6. The number of carbonyl (C=O) groups excluding carboxylic acids is 1. The highest BCUT2D eigenvalue weighted by Gasteiger charge is 2.49. The van der Waals surface area contributed by atoms with Crippen molar-refractivity contribution in [1.82, 2.24) is 19.9 Å². The van der Waals surface area contributed by atoms with Crippen LogP contribution in [0.1, 0.15) is 37.8 Å². The van der Waals surface area contributed by atoms with Crippen molar-refractivity contribution >= 4 is 22.8 Å². The Balaban J connectivity index is 1.09. The first-order valence-electron chi connectivity index (χ1n) is 11.8. The second kappa shape index (κ2) is 8.18. The summed E-state index contributed by atoms with van der Waals surface area (Å²) in [6, 6.07) is 11.1. The van der Waals surface area contributed by atoms with Gasteiger partial charge in [-0.2, -0.15) is 0 Å². The smallest absolute Gasteiger partial charge is 0.263 e. The molecule has 0 atom stereocenters. The Bertz CT molecular complexity index is 1300. The predicted octanol–water partition coefficient (Wildman–Crippen LogP) is 2.38. The molecule has 3 aromatic rings. The molecule has 1 amide bonds. The number of fused-ring (bicyclic) bond motifs is 5. The van der Waals surface area contributed by atoms with Gasteiger partial charge in [-0.05, 0) is 62.4 Å². The molecule has 9 nitrogen and oxygen atoms in total. The Hall–Kier alpha value is -3.30. The minimum Gasteiger partial charge on any atom is -0.480 e. The maximum Gasteiger partial charge on any atom is 0.263 e. The summed E-state index contributed by atoms with van der Waals surface area (Å²) in [4.78, 5) is 33.1. The van der Waals surface area contributed by atoms with E-state index in [0.29, 0.717) is 31.3 Å². The SMILES string of the molecule is O=C1COc2ccc(CNC34CCC(CCn5c(=O)ccc6cccnc65)(CC3)OC4)nc2N1. The summed E-state index contributed by atoms with van der Waals surface area (Å²) in [6.45, 7) is 1.86. The Morgan fingerprint density at radius 3 is 2.79 bits per heavy atom. The number of hydrogen-bond acceptors (Lipinski definition) is 7. The van der Waals surface area contributed by atoms with Gasteiger partial charge in [0, 0.05) is 36.3 Å². The molecule has 1 saturated carbocycles. The van der Waals surface area contributed by atoms with Crippen LogP contribution >= 0.6 is 0 Å². The van der Waals surface area contributed by atoms with Crippen LogP contribution in [0, 0.1) is 0 Å². The third-order valence-corrected chi connectivity index (χ3v) is 7.49. The van der Waals surface area contributed by atoms with E-state index in [4.69, 9.17) is 9.47 Å². The van der Waals surface area contributed by atoms with E-state index >= 15 is 0 Å². The molecule has 2 N–H and O–H groups in total. The summed E-state index contributed by atoms with van der Waals surface area (Å²) in [5, 5.41) is 7.41. The number of aromatic nitrogens is 3. The van der Waals surface area contributed by atoms with Gasteiger partial charge in [0.25, 0.3) is 11.5 Å². The lowest BCUT2D eigenvalue weighted by atomic mass is 9.70. The zero-order chi connectivity index (χ0) is 23.2. The predicted molar refractivity (Wildman–Crippen MR) is 126 cm³/mol. The van der Waals surface area contributed by atoms with Gasteiger partial charge in [-0.25, -0.2) is 9.97 Å². The van der Waals surface area contributed by atoms with E-state index in [1.165, 1.54) is 0 Å². The Morgan fingerprint density at radius 1 is 1.09 bits per heavy atom. The summed E-state index contributed by atoms with van der Waals surface area (Å²) in [7, 11) is 0. The van der Waals surface area contributed by atoms with Crippen molar-refractivity contribution in [3.63, 3.8) is 0 Å². The monoisotopic (exact) mass is 461 g/mol. The van der Waals surface area contributed by atoms with Gasteiger partial charge in [-0.1, -0.05) is 0 Å². The molecular weight excluding hydrogens is 434 g/mol. The lowest BCUT2D eigenvalue weighted by Gasteiger charge is -2.53. The Labute approximate surface area is 196 Å². The standard InChI is InChI=1S/C25H27N5O4/c31-20-15-33-19-5-4-18(28-22(19)29-20)14-27-24-7-9-25(10-8-24,34-16-24)11-13-30-21(32)6-3-17-2-1-12-26-23(17)30/h1-6,12,27H,7-11,13-16H2,(H,28,29,31). The van der Waals surface area contributed by atoms with E-state index in [1.54, 1.807) is 16.8 Å². The summed E-state index contributed by atoms with van der Waals surface area (Å²) >= 11 is 0. The minimum absolute atomic E-state index is 0.0237. The zero-order valence-electron chi connectivity index (χ0n) is 18.9. The van der Waals surface area contributed by atoms with Gasteiger partial charge in [0.15, 0.2) is 18.2 Å². The van der Waals surface area contributed by atoms with Crippen molar-refractivity contribution in [3.05, 3.63) is 58.6 Å². The number of pyridine rings is 3. The summed E-state index contributed by atoms with van der Waals surface area (Å²) in [6.07, 6.45) is 6.46. The van der Waals surface area contributed by atoms with Crippen molar-refractivity contribution in [3.8, 4) is 5.75 Å². The molecule has 6 heterocycles. The maximum atomic E-state index is 12.5. The Morgan fingerprint density at radius 2 is 1.97 bits per heavy atom. The first-order valence-corrected chi connectivity index (χ1v) is 11.8. The molecule has 9 heteroatoms. The second-order valence-corrected chi connectivity index (χ2v) is 9.58. The van der Waals surface area contributed by atoms with Gasteiger partial charge in [0.05, 0.1) is 17.9 Å². The summed E-state index contributed by atoms with van der Waals surface area (Å²) in [5.41, 5.74) is 1.30. The highest BCUT2D eigenvalue weighted by Crippen LogP contribution is 2.45. The van der Waals surface area contributed by atoms with Crippen LogP contribution < -0.4 is 20.9 Å². The molecule has 0 radical (unpaired) electrons. The van der Waals surface area contributed by atoms with Crippen LogP contribution in [-0.2, 0) is 22.6 Å². The number of carbonyl (C=O) groups is 1. The fourth-order valence-electron chi connectivity index (χ4n) is 5.35. The third kappa shape index (κ3) is 3.84. The van der Waals surface area contributed by atoms with E-state index in [9.17, 15) is 9.59 Å². The number of aryl methyl sites for hydroxylation is 1. The third-order valence-electron chi connectivity index (χ3n) is 7.49. The maximum absolute atomic E-state index is 12.5. The molecule has 7 rings (SSSR count). The van der Waals surface area contributed by atoms with Crippen molar-refractivity contribution in [2.75, 3.05) is 18.5 Å². The lowest BCUT2D eigenvalue weighted by Crippen LogP contribution is -2.61. The van der Waals surface area contributed by atoms with Crippen LogP contribution in [0.15, 0.2) is 47.4 Å². The molecule has 176 valence electrons. The molecular formula is C25H27N5O4. The fourth-order valence-corrected chi connectivity index (χ4v) is 5.35. The van der Waals surface area contributed by atoms with Gasteiger partial charge in [-0.3, -0.25) is 14.2 Å². The quantitative estimate of drug-likeness (QED) is 0.580. The molecule has 2 bridgehead atoms. The van der Waals surface area contributed by atoms with Crippen molar-refractivity contribution < 1.29 is 14.3 Å². The van der Waals surface area contributed by atoms with Gasteiger partial charge < -0.3 is 20.1 Å². The highest BCUT2D eigenvalue weighted by molar-refractivity contribution is 5.94. The number of hydrogen-bond donors (Lipinski definition) is 2. The lowest BCUT2D eigenvalue weighted by molar-refractivity contribution is -0.167. The number of nitrogens with zero attached hydrogens (tertiary/aromatic N) is 3. The molecule has 4 aliphatic rings. The molecule has 3 aromatic heterocycles. The van der Waals surface area contributed by atoms with Crippen LogP contribution in [0.2, 0.25) is 0 Å². The molecule has 0 spiro atoms. The summed E-state index contributed by atoms with van der Waals surface area (Å²) in [5.74, 6) is 0.897. The van der Waals surface area contributed by atoms with Crippen LogP contribution in [0.25, 0.3) is 11.0 Å². The van der Waals surface area contributed by atoms with Crippen molar-refractivity contribution in [2.45, 2.75) is 56.3 Å². The topological polar surface area (TPSA) is 107 Å². The minimum atomic E-state index is -0.189. The molecule has 0 aromatic carbocycles. The van der Waals surface area contributed by atoms with E-state index in [2.05, 4.69) is 20.6 Å². The first-order chi connectivity index (χ1) is 16.5. The van der Waals surface area contributed by atoms with Crippen molar-refractivity contribution in [1.29, 1.82) is 0 Å². The number of amides is 1. The molecule has 34 heavy (non-hydrogen) atoms. The van der Waals surface area contributed by atoms with Gasteiger partial charge in [0.1, 0.15) is 5.65 Å². The van der Waals surface area contributed by atoms with Crippen LogP contribution in [-0.4, -0.2) is 44.8 Å². The average molecular weight is 462 g/mol. The van der Waals surface area contributed by atoms with E-state index in [-0.39, 0.29) is 29.2 Å². The molecule has 1 aliphatic carbocycles. The van der Waals surface area contributed by atoms with Crippen LogP contribution in [0.3, 0.4) is 0 Å². The largest absolute Gasteiger partial charge is 0.480 e. The van der Waals surface area contributed by atoms with Crippen molar-refractivity contribution in [2.24, 2.45) is 0 Å². The molecule has 3 aliphatic heterocycles. The zero-order valence-corrected chi connectivity index (χ0v) is 18.9.